The predicted molar refractivity (Wildman–Crippen MR) is 113 cm³/mol. The average Bonchev–Trinajstić information content (AvgIpc) is 3.03. The number of hydrogen-bond donors (Lipinski definition) is 3. The number of imide groups is 1. The fourth-order valence-corrected chi connectivity index (χ4v) is 2.81. The fourth-order valence-electron chi connectivity index (χ4n) is 2.81. The number of hydrogen-bond acceptors (Lipinski definition) is 6. The van der Waals surface area contributed by atoms with Crippen LogP contribution in [0.15, 0.2) is 36.5 Å². The first-order chi connectivity index (χ1) is 14.6. The third-order valence-corrected chi connectivity index (χ3v) is 4.42. The molecule has 0 aromatic carbocycles. The molecule has 9 heteroatoms. The van der Waals surface area contributed by atoms with Gasteiger partial charge in [0.1, 0.15) is 5.92 Å². The van der Waals surface area contributed by atoms with Crippen LogP contribution >= 0.6 is 0 Å². The lowest BCUT2D eigenvalue weighted by molar-refractivity contribution is -0.136. The number of carbonyl (C=O) groups excluding carboxylic acids is 6. The van der Waals surface area contributed by atoms with Crippen LogP contribution in [-0.2, 0) is 28.8 Å². The quantitative estimate of drug-likeness (QED) is 0.178. The molecule has 0 radical (unpaired) electrons. The Morgan fingerprint density at radius 2 is 1.74 bits per heavy atom. The molecule has 0 aromatic rings. The Balaban J connectivity index is 2.44. The first-order valence-electron chi connectivity index (χ1n) is 10.1. The molecule has 2 atom stereocenters. The Morgan fingerprint density at radius 3 is 2.32 bits per heavy atom. The minimum Gasteiger partial charge on any atom is -0.355 e. The van der Waals surface area contributed by atoms with Crippen molar-refractivity contribution in [1.29, 1.82) is 0 Å². The number of allylic oxidation sites excluding steroid dienone is 6. The lowest BCUT2D eigenvalue weighted by Crippen LogP contribution is -2.48. The van der Waals surface area contributed by atoms with Crippen LogP contribution in [0.5, 0.6) is 0 Å². The predicted octanol–water partition coefficient (Wildman–Crippen LogP) is 0.513. The Morgan fingerprint density at radius 1 is 1.06 bits per heavy atom. The summed E-state index contributed by atoms with van der Waals surface area (Å²) in [4.78, 5) is 71.3. The van der Waals surface area contributed by atoms with Crippen LogP contribution in [0.1, 0.15) is 40.0 Å². The van der Waals surface area contributed by atoms with Crippen LogP contribution in [0.2, 0.25) is 0 Å². The molecule has 9 nitrogen and oxygen atoms in total. The summed E-state index contributed by atoms with van der Waals surface area (Å²) >= 11 is 0. The summed E-state index contributed by atoms with van der Waals surface area (Å²) in [7, 11) is 0. The molecule has 0 saturated carbocycles. The fraction of sp³-hybridized carbons (Fsp3) is 0.455. The molecule has 0 bridgehead atoms. The van der Waals surface area contributed by atoms with Crippen LogP contribution in [0.3, 0.4) is 0 Å². The van der Waals surface area contributed by atoms with Gasteiger partial charge in [0.05, 0.1) is 12.5 Å². The van der Waals surface area contributed by atoms with Crippen LogP contribution < -0.4 is 16.0 Å². The second-order valence-corrected chi connectivity index (χ2v) is 7.37. The molecule has 1 rings (SSSR count). The second-order valence-electron chi connectivity index (χ2n) is 7.37. The lowest BCUT2D eigenvalue weighted by atomic mass is 9.90. The highest BCUT2D eigenvalue weighted by molar-refractivity contribution is 6.15. The third-order valence-electron chi connectivity index (χ3n) is 4.42. The van der Waals surface area contributed by atoms with Gasteiger partial charge in [-0.05, 0) is 18.9 Å². The molecule has 1 aliphatic heterocycles. The van der Waals surface area contributed by atoms with Gasteiger partial charge in [-0.25, -0.2) is 0 Å². The van der Waals surface area contributed by atoms with E-state index in [0.717, 1.165) is 0 Å². The third kappa shape index (κ3) is 9.33. The molecule has 0 aromatic heterocycles. The lowest BCUT2D eigenvalue weighted by Gasteiger charge is -2.23. The number of ketones is 2. The monoisotopic (exact) mass is 431 g/mol. The van der Waals surface area contributed by atoms with Crippen molar-refractivity contribution in [3.05, 3.63) is 36.5 Å². The van der Waals surface area contributed by atoms with Gasteiger partial charge >= 0.3 is 0 Å². The van der Waals surface area contributed by atoms with Gasteiger partial charge in [0.15, 0.2) is 11.6 Å². The van der Waals surface area contributed by atoms with Crippen LogP contribution in [0.25, 0.3) is 0 Å². The van der Waals surface area contributed by atoms with Gasteiger partial charge in [-0.2, -0.15) is 0 Å². The van der Waals surface area contributed by atoms with Gasteiger partial charge in [0, 0.05) is 19.4 Å². The zero-order valence-corrected chi connectivity index (χ0v) is 18.0. The first kappa shape index (κ1) is 25.7. The molecular formula is C22H29N3O6. The number of amides is 4. The Hall–Kier alpha value is -3.36. The van der Waals surface area contributed by atoms with E-state index >= 15 is 0 Å². The van der Waals surface area contributed by atoms with Gasteiger partial charge in [0.2, 0.25) is 23.6 Å². The molecule has 31 heavy (non-hydrogen) atoms. The van der Waals surface area contributed by atoms with Crippen molar-refractivity contribution in [3.8, 4) is 0 Å². The van der Waals surface area contributed by atoms with E-state index in [-0.39, 0.29) is 37.5 Å². The normalized spacial score (nSPS) is 17.5. The van der Waals surface area contributed by atoms with Crippen molar-refractivity contribution in [1.82, 2.24) is 16.0 Å². The molecule has 1 unspecified atom stereocenters. The van der Waals surface area contributed by atoms with Crippen LogP contribution in [0, 0.1) is 11.8 Å². The van der Waals surface area contributed by atoms with E-state index in [0.29, 0.717) is 0 Å². The van der Waals surface area contributed by atoms with Crippen molar-refractivity contribution in [2.24, 2.45) is 11.8 Å². The van der Waals surface area contributed by atoms with E-state index in [4.69, 9.17) is 0 Å². The highest BCUT2D eigenvalue weighted by Gasteiger charge is 2.40. The Bertz CT molecular complexity index is 810. The molecule has 1 heterocycles. The summed E-state index contributed by atoms with van der Waals surface area (Å²) in [5.41, 5.74) is 0. The SMILES string of the molecule is C/C=C/C=C/C=C/C(=O)CC(=O)NCCC(=O)NC(C(=O)[C@H]1CC(=O)NC1=O)C(C)C. The molecule has 0 aliphatic carbocycles. The van der Waals surface area contributed by atoms with E-state index in [1.807, 2.05) is 13.0 Å². The minimum absolute atomic E-state index is 0.00966. The first-order valence-corrected chi connectivity index (χ1v) is 10.1. The summed E-state index contributed by atoms with van der Waals surface area (Å²) < 4.78 is 0. The smallest absolute Gasteiger partial charge is 0.237 e. The molecular weight excluding hydrogens is 402 g/mol. The molecule has 168 valence electrons. The topological polar surface area (TPSA) is 139 Å². The van der Waals surface area contributed by atoms with Gasteiger partial charge < -0.3 is 10.6 Å². The van der Waals surface area contributed by atoms with E-state index < -0.39 is 41.4 Å². The largest absolute Gasteiger partial charge is 0.355 e. The maximum Gasteiger partial charge on any atom is 0.237 e. The molecule has 1 fully saturated rings. The molecule has 0 spiro atoms. The van der Waals surface area contributed by atoms with Crippen LogP contribution in [-0.4, -0.2) is 47.8 Å². The summed E-state index contributed by atoms with van der Waals surface area (Å²) in [5, 5.41) is 7.12. The van der Waals surface area contributed by atoms with Crippen molar-refractivity contribution < 1.29 is 28.8 Å². The number of Topliss-reactive ketones (excluding diaryl/α,β-unsaturated/α-hetero) is 1. The molecule has 1 saturated heterocycles. The molecule has 4 amide bonds. The number of carbonyl (C=O) groups is 6. The van der Waals surface area contributed by atoms with Gasteiger partial charge in [0.25, 0.3) is 0 Å². The number of rotatable bonds is 12. The average molecular weight is 431 g/mol. The van der Waals surface area contributed by atoms with E-state index in [9.17, 15) is 28.8 Å². The summed E-state index contributed by atoms with van der Waals surface area (Å²) in [5.74, 6) is -4.46. The molecule has 3 N–H and O–H groups in total. The minimum atomic E-state index is -1.10. The van der Waals surface area contributed by atoms with Crippen molar-refractivity contribution in [2.75, 3.05) is 6.54 Å². The zero-order valence-electron chi connectivity index (χ0n) is 18.0. The maximum atomic E-state index is 12.6. The van der Waals surface area contributed by atoms with E-state index in [2.05, 4.69) is 16.0 Å². The second kappa shape index (κ2) is 13.0. The van der Waals surface area contributed by atoms with E-state index in [1.54, 1.807) is 32.1 Å². The van der Waals surface area contributed by atoms with Crippen molar-refractivity contribution in [3.63, 3.8) is 0 Å². The zero-order chi connectivity index (χ0) is 23.4. The van der Waals surface area contributed by atoms with Crippen LogP contribution in [0.4, 0.5) is 0 Å². The number of nitrogens with one attached hydrogen (secondary N) is 3. The summed E-state index contributed by atoms with van der Waals surface area (Å²) in [6.07, 6.45) is 9.20. The van der Waals surface area contributed by atoms with Crippen molar-refractivity contribution >= 4 is 35.2 Å². The Kier molecular flexibility index (Phi) is 10.8. The van der Waals surface area contributed by atoms with E-state index in [1.165, 1.54) is 12.2 Å². The highest BCUT2D eigenvalue weighted by atomic mass is 16.2. The molecule has 1 aliphatic rings. The standard InChI is InChI=1S/C22H29N3O6/c1-4-5-6-7-8-9-15(26)12-18(28)23-11-10-17(27)24-20(14(2)3)21(30)16-13-19(29)25-22(16)31/h4-9,14,16,20H,10-13H2,1-3H3,(H,23,28)(H,24,27)(H,25,29,31)/b5-4+,7-6+,9-8+/t16-,20?/m1/s1. The van der Waals surface area contributed by atoms with Gasteiger partial charge in [-0.1, -0.05) is 44.2 Å². The Labute approximate surface area is 181 Å². The van der Waals surface area contributed by atoms with Gasteiger partial charge in [-0.3, -0.25) is 34.1 Å². The maximum absolute atomic E-state index is 12.6. The van der Waals surface area contributed by atoms with Gasteiger partial charge in [-0.15, -0.1) is 0 Å². The van der Waals surface area contributed by atoms with Crippen molar-refractivity contribution in [2.45, 2.75) is 46.1 Å². The summed E-state index contributed by atoms with van der Waals surface area (Å²) in [6, 6.07) is -0.924. The summed E-state index contributed by atoms with van der Waals surface area (Å²) in [6.45, 7) is 5.28. The highest BCUT2D eigenvalue weighted by Crippen LogP contribution is 2.17.